The Morgan fingerprint density at radius 3 is 2.64 bits per heavy atom. The maximum absolute atomic E-state index is 6.40. The number of aryl methyl sites for hydroxylation is 1. The molecular formula is C13H17N. The van der Waals surface area contributed by atoms with Gasteiger partial charge in [-0.15, -0.1) is 0 Å². The molecule has 1 aromatic rings. The maximum Gasteiger partial charge on any atom is 0.0259 e. The lowest BCUT2D eigenvalue weighted by Crippen LogP contribution is -2.27. The van der Waals surface area contributed by atoms with E-state index in [-0.39, 0.29) is 5.54 Å². The van der Waals surface area contributed by atoms with E-state index in [4.69, 9.17) is 5.73 Å². The Morgan fingerprint density at radius 1 is 1.29 bits per heavy atom. The summed E-state index contributed by atoms with van der Waals surface area (Å²) in [6.45, 7) is 2.20. The molecule has 0 spiro atoms. The van der Waals surface area contributed by atoms with Crippen molar-refractivity contribution in [2.45, 2.75) is 37.6 Å². The predicted octanol–water partition coefficient (Wildman–Crippen LogP) is 2.59. The lowest BCUT2D eigenvalue weighted by molar-refractivity contribution is 0.567. The Hall–Kier alpha value is -0.820. The number of benzene rings is 1. The minimum absolute atomic E-state index is 0.173. The van der Waals surface area contributed by atoms with Gasteiger partial charge in [-0.3, -0.25) is 0 Å². The van der Waals surface area contributed by atoms with Gasteiger partial charge in [0.2, 0.25) is 0 Å². The highest BCUT2D eigenvalue weighted by Crippen LogP contribution is 2.61. The van der Waals surface area contributed by atoms with Gasteiger partial charge >= 0.3 is 0 Å². The summed E-state index contributed by atoms with van der Waals surface area (Å²) in [5.74, 6) is 1.48. The van der Waals surface area contributed by atoms with Crippen molar-refractivity contribution < 1.29 is 0 Å². The molecule has 2 N–H and O–H groups in total. The van der Waals surface area contributed by atoms with E-state index in [0.29, 0.717) is 5.92 Å². The zero-order valence-electron chi connectivity index (χ0n) is 8.66. The highest BCUT2D eigenvalue weighted by atomic mass is 14.9. The summed E-state index contributed by atoms with van der Waals surface area (Å²) in [5.41, 5.74) is 9.47. The van der Waals surface area contributed by atoms with Crippen LogP contribution in [0.25, 0.3) is 0 Å². The second-order valence-electron chi connectivity index (χ2n) is 5.00. The summed E-state index contributed by atoms with van der Waals surface area (Å²) in [5, 5.41) is 0. The van der Waals surface area contributed by atoms with Crippen molar-refractivity contribution in [3.63, 3.8) is 0 Å². The average molecular weight is 187 g/mol. The SMILES string of the molecule is Cc1ccccc1C1CC1(N)C1CC1. The van der Waals surface area contributed by atoms with E-state index in [2.05, 4.69) is 31.2 Å². The molecule has 0 radical (unpaired) electrons. The van der Waals surface area contributed by atoms with Gasteiger partial charge in [0.1, 0.15) is 0 Å². The largest absolute Gasteiger partial charge is 0.324 e. The molecule has 2 saturated carbocycles. The van der Waals surface area contributed by atoms with Crippen LogP contribution in [0.5, 0.6) is 0 Å². The van der Waals surface area contributed by atoms with Gasteiger partial charge in [0, 0.05) is 11.5 Å². The first-order valence-corrected chi connectivity index (χ1v) is 5.56. The van der Waals surface area contributed by atoms with Gasteiger partial charge in [-0.25, -0.2) is 0 Å². The molecule has 2 aliphatic rings. The number of hydrogen-bond acceptors (Lipinski definition) is 1. The van der Waals surface area contributed by atoms with Crippen molar-refractivity contribution in [2.24, 2.45) is 11.7 Å². The fourth-order valence-electron chi connectivity index (χ4n) is 2.74. The van der Waals surface area contributed by atoms with Crippen LogP contribution in [0.4, 0.5) is 0 Å². The van der Waals surface area contributed by atoms with Crippen molar-refractivity contribution in [3.8, 4) is 0 Å². The van der Waals surface area contributed by atoms with Gasteiger partial charge in [-0.1, -0.05) is 24.3 Å². The molecule has 3 rings (SSSR count). The van der Waals surface area contributed by atoms with Crippen LogP contribution in [-0.4, -0.2) is 5.54 Å². The van der Waals surface area contributed by atoms with Crippen LogP contribution in [0, 0.1) is 12.8 Å². The van der Waals surface area contributed by atoms with Crippen LogP contribution < -0.4 is 5.73 Å². The third-order valence-electron chi connectivity index (χ3n) is 3.95. The van der Waals surface area contributed by atoms with Crippen molar-refractivity contribution in [2.75, 3.05) is 0 Å². The zero-order valence-corrected chi connectivity index (χ0v) is 8.66. The summed E-state index contributed by atoms with van der Waals surface area (Å²) in [4.78, 5) is 0. The van der Waals surface area contributed by atoms with E-state index in [9.17, 15) is 0 Å². The van der Waals surface area contributed by atoms with Gasteiger partial charge in [-0.05, 0) is 43.2 Å². The molecular weight excluding hydrogens is 170 g/mol. The van der Waals surface area contributed by atoms with Gasteiger partial charge < -0.3 is 5.73 Å². The molecule has 0 amide bonds. The molecule has 14 heavy (non-hydrogen) atoms. The minimum Gasteiger partial charge on any atom is -0.324 e. The third-order valence-corrected chi connectivity index (χ3v) is 3.95. The second-order valence-corrected chi connectivity index (χ2v) is 5.00. The fraction of sp³-hybridized carbons (Fsp3) is 0.538. The van der Waals surface area contributed by atoms with E-state index >= 15 is 0 Å². The molecule has 0 bridgehead atoms. The minimum atomic E-state index is 0.173. The topological polar surface area (TPSA) is 26.0 Å². The normalized spacial score (nSPS) is 35.7. The summed E-state index contributed by atoms with van der Waals surface area (Å²) in [6.07, 6.45) is 3.93. The molecule has 2 aliphatic carbocycles. The molecule has 1 heteroatoms. The van der Waals surface area contributed by atoms with Crippen LogP contribution in [0.3, 0.4) is 0 Å². The van der Waals surface area contributed by atoms with Crippen LogP contribution in [0.1, 0.15) is 36.3 Å². The Balaban J connectivity index is 1.88. The van der Waals surface area contributed by atoms with Crippen molar-refractivity contribution in [1.29, 1.82) is 0 Å². The lowest BCUT2D eigenvalue weighted by Gasteiger charge is -2.11. The monoisotopic (exact) mass is 187 g/mol. The lowest BCUT2D eigenvalue weighted by atomic mass is 9.99. The summed E-state index contributed by atoms with van der Waals surface area (Å²) >= 11 is 0. The van der Waals surface area contributed by atoms with Crippen LogP contribution in [-0.2, 0) is 0 Å². The molecule has 1 nitrogen and oxygen atoms in total. The molecule has 0 aromatic heterocycles. The highest BCUT2D eigenvalue weighted by molar-refractivity contribution is 5.39. The molecule has 0 saturated heterocycles. The molecule has 74 valence electrons. The van der Waals surface area contributed by atoms with E-state index in [1.165, 1.54) is 30.4 Å². The molecule has 0 heterocycles. The van der Waals surface area contributed by atoms with Crippen molar-refractivity contribution in [3.05, 3.63) is 35.4 Å². The first kappa shape index (κ1) is 8.49. The maximum atomic E-state index is 6.40. The molecule has 2 unspecified atom stereocenters. The first-order valence-electron chi connectivity index (χ1n) is 5.56. The van der Waals surface area contributed by atoms with Crippen LogP contribution in [0.15, 0.2) is 24.3 Å². The van der Waals surface area contributed by atoms with Gasteiger partial charge in [-0.2, -0.15) is 0 Å². The number of hydrogen-bond donors (Lipinski definition) is 1. The Morgan fingerprint density at radius 2 is 2.00 bits per heavy atom. The fourth-order valence-corrected chi connectivity index (χ4v) is 2.74. The smallest absolute Gasteiger partial charge is 0.0259 e. The van der Waals surface area contributed by atoms with Crippen molar-refractivity contribution in [1.82, 2.24) is 0 Å². The van der Waals surface area contributed by atoms with E-state index < -0.39 is 0 Å². The van der Waals surface area contributed by atoms with E-state index in [1.54, 1.807) is 0 Å². The van der Waals surface area contributed by atoms with Crippen LogP contribution in [0.2, 0.25) is 0 Å². The van der Waals surface area contributed by atoms with E-state index in [1.807, 2.05) is 0 Å². The summed E-state index contributed by atoms with van der Waals surface area (Å²) in [6, 6.07) is 8.68. The van der Waals surface area contributed by atoms with Gasteiger partial charge in [0.25, 0.3) is 0 Å². The zero-order chi connectivity index (χ0) is 9.76. The Bertz CT molecular complexity index is 367. The standard InChI is InChI=1S/C13H17N/c1-9-4-2-3-5-11(9)12-8-13(12,14)10-6-7-10/h2-5,10,12H,6-8,14H2,1H3. The molecule has 0 aliphatic heterocycles. The Labute approximate surface area is 85.3 Å². The molecule has 2 fully saturated rings. The highest BCUT2D eigenvalue weighted by Gasteiger charge is 2.60. The van der Waals surface area contributed by atoms with Gasteiger partial charge in [0.15, 0.2) is 0 Å². The van der Waals surface area contributed by atoms with E-state index in [0.717, 1.165) is 5.92 Å². The molecule has 2 atom stereocenters. The molecule has 1 aromatic carbocycles. The quantitative estimate of drug-likeness (QED) is 0.756. The van der Waals surface area contributed by atoms with Gasteiger partial charge in [0.05, 0.1) is 0 Å². The summed E-state index contributed by atoms with van der Waals surface area (Å²) < 4.78 is 0. The van der Waals surface area contributed by atoms with Crippen LogP contribution >= 0.6 is 0 Å². The number of rotatable bonds is 2. The third kappa shape index (κ3) is 1.12. The predicted molar refractivity (Wildman–Crippen MR) is 58.2 cm³/mol. The Kier molecular flexibility index (Phi) is 1.58. The second kappa shape index (κ2) is 2.60. The number of nitrogens with two attached hydrogens (primary N) is 1. The summed E-state index contributed by atoms with van der Waals surface area (Å²) in [7, 11) is 0. The first-order chi connectivity index (χ1) is 6.72. The average Bonchev–Trinajstić information content (AvgIpc) is 2.99. The van der Waals surface area contributed by atoms with Crippen molar-refractivity contribution >= 4 is 0 Å².